The Morgan fingerprint density at radius 1 is 1.08 bits per heavy atom. The van der Waals surface area contributed by atoms with Crippen LogP contribution in [0.4, 0.5) is 10.2 Å². The highest BCUT2D eigenvalue weighted by Gasteiger charge is 2.24. The minimum atomic E-state index is -1.32. The minimum Gasteiger partial charge on any atom is -0.382 e. The van der Waals surface area contributed by atoms with Gasteiger partial charge in [0.25, 0.3) is 0 Å². The Balaban J connectivity index is 1.69. The molecule has 4 rings (SSSR count). The highest BCUT2D eigenvalue weighted by molar-refractivity contribution is 7.83. The fourth-order valence-corrected chi connectivity index (χ4v) is 3.90. The van der Waals surface area contributed by atoms with Gasteiger partial charge in [-0.1, -0.05) is 24.3 Å². The van der Waals surface area contributed by atoms with Crippen LogP contribution in [-0.2, 0) is 11.0 Å². The van der Waals surface area contributed by atoms with E-state index in [9.17, 15) is 8.60 Å². The van der Waals surface area contributed by atoms with Crippen molar-refractivity contribution in [3.8, 4) is 22.4 Å². The molecule has 7 heteroatoms. The van der Waals surface area contributed by atoms with E-state index in [1.54, 1.807) is 18.2 Å². The topological polar surface area (TPSA) is 80.9 Å². The SMILES string of the molecule is Nc1cnc(-c2ccc(-c3ccccc3S(=O)NC3CC3)cc2F)cn1. The van der Waals surface area contributed by atoms with Gasteiger partial charge in [-0.2, -0.15) is 0 Å². The highest BCUT2D eigenvalue weighted by atomic mass is 32.2. The standard InChI is InChI=1S/C19H17FN4OS/c20-16-9-12(5-8-15(16)17-10-23-19(21)11-22-17)14-3-1-2-4-18(14)26(25)24-13-6-7-13/h1-5,8-11,13,24H,6-7H2,(H2,21,23). The van der Waals surface area contributed by atoms with Crippen molar-refractivity contribution >= 4 is 16.8 Å². The summed E-state index contributed by atoms with van der Waals surface area (Å²) in [7, 11) is -1.32. The van der Waals surface area contributed by atoms with E-state index in [0.717, 1.165) is 18.4 Å². The molecule has 3 N–H and O–H groups in total. The molecule has 1 fully saturated rings. The van der Waals surface area contributed by atoms with Gasteiger partial charge in [-0.25, -0.2) is 18.3 Å². The summed E-state index contributed by atoms with van der Waals surface area (Å²) in [5.74, 6) is -0.136. The summed E-state index contributed by atoms with van der Waals surface area (Å²) < 4.78 is 30.3. The molecule has 1 aliphatic carbocycles. The highest BCUT2D eigenvalue weighted by Crippen LogP contribution is 2.31. The Morgan fingerprint density at radius 2 is 1.88 bits per heavy atom. The van der Waals surface area contributed by atoms with Gasteiger partial charge in [0.1, 0.15) is 22.6 Å². The summed E-state index contributed by atoms with van der Waals surface area (Å²) in [6.07, 6.45) is 4.92. The first kappa shape index (κ1) is 16.8. The lowest BCUT2D eigenvalue weighted by atomic mass is 10.0. The van der Waals surface area contributed by atoms with Gasteiger partial charge in [-0.3, -0.25) is 4.98 Å². The van der Waals surface area contributed by atoms with Crippen molar-refractivity contribution in [2.75, 3.05) is 5.73 Å². The quantitative estimate of drug-likeness (QED) is 0.724. The first-order valence-electron chi connectivity index (χ1n) is 8.26. The Kier molecular flexibility index (Phi) is 4.48. The second-order valence-corrected chi connectivity index (χ2v) is 7.39. The predicted molar refractivity (Wildman–Crippen MR) is 99.8 cm³/mol. The zero-order valence-corrected chi connectivity index (χ0v) is 14.7. The smallest absolute Gasteiger partial charge is 0.141 e. The molecule has 0 spiro atoms. The number of hydrogen-bond acceptors (Lipinski definition) is 4. The number of nitrogens with zero attached hydrogens (tertiary/aromatic N) is 2. The van der Waals surface area contributed by atoms with Gasteiger partial charge in [0, 0.05) is 11.6 Å². The molecule has 0 bridgehead atoms. The van der Waals surface area contributed by atoms with E-state index >= 15 is 0 Å². The van der Waals surface area contributed by atoms with Crippen LogP contribution in [0.2, 0.25) is 0 Å². The molecule has 1 aromatic heterocycles. The molecular formula is C19H17FN4OS. The normalized spacial score (nSPS) is 15.0. The van der Waals surface area contributed by atoms with Gasteiger partial charge in [0.2, 0.25) is 0 Å². The van der Waals surface area contributed by atoms with Crippen LogP contribution in [-0.4, -0.2) is 20.2 Å². The van der Waals surface area contributed by atoms with E-state index < -0.39 is 16.8 Å². The van der Waals surface area contributed by atoms with Gasteiger partial charge in [-0.05, 0) is 42.2 Å². The maximum Gasteiger partial charge on any atom is 0.141 e. The molecule has 1 unspecified atom stereocenters. The van der Waals surface area contributed by atoms with Crippen molar-refractivity contribution in [2.45, 2.75) is 23.8 Å². The lowest BCUT2D eigenvalue weighted by molar-refractivity contribution is 0.631. The summed E-state index contributed by atoms with van der Waals surface area (Å²) >= 11 is 0. The van der Waals surface area contributed by atoms with Crippen molar-refractivity contribution in [3.05, 3.63) is 60.7 Å². The van der Waals surface area contributed by atoms with Gasteiger partial charge in [0.15, 0.2) is 0 Å². The molecule has 0 amide bonds. The zero-order chi connectivity index (χ0) is 18.1. The summed E-state index contributed by atoms with van der Waals surface area (Å²) in [6.45, 7) is 0. The lowest BCUT2D eigenvalue weighted by Crippen LogP contribution is -2.19. The number of anilines is 1. The number of halogens is 1. The number of nitrogens with one attached hydrogen (secondary N) is 1. The van der Waals surface area contributed by atoms with E-state index in [1.807, 2.05) is 18.2 Å². The molecule has 0 aliphatic heterocycles. The van der Waals surface area contributed by atoms with Crippen LogP contribution in [0, 0.1) is 5.82 Å². The average molecular weight is 368 g/mol. The molecule has 26 heavy (non-hydrogen) atoms. The minimum absolute atomic E-state index is 0.283. The Hall–Kier alpha value is -2.64. The van der Waals surface area contributed by atoms with E-state index in [4.69, 9.17) is 5.73 Å². The van der Waals surface area contributed by atoms with E-state index in [2.05, 4.69) is 14.7 Å². The van der Waals surface area contributed by atoms with Gasteiger partial charge >= 0.3 is 0 Å². The van der Waals surface area contributed by atoms with Crippen LogP contribution in [0.3, 0.4) is 0 Å². The third-order valence-corrected chi connectivity index (χ3v) is 5.47. The fourth-order valence-electron chi connectivity index (χ4n) is 2.65. The first-order valence-corrected chi connectivity index (χ1v) is 9.41. The summed E-state index contributed by atoms with van der Waals surface area (Å²) in [4.78, 5) is 8.71. The molecule has 5 nitrogen and oxygen atoms in total. The number of hydrogen-bond donors (Lipinski definition) is 2. The Bertz CT molecular complexity index is 974. The van der Waals surface area contributed by atoms with E-state index in [1.165, 1.54) is 18.5 Å². The van der Waals surface area contributed by atoms with Crippen LogP contribution in [0.5, 0.6) is 0 Å². The molecule has 0 radical (unpaired) electrons. The van der Waals surface area contributed by atoms with Crippen LogP contribution >= 0.6 is 0 Å². The molecule has 132 valence electrons. The summed E-state index contributed by atoms with van der Waals surface area (Å²) in [5, 5.41) is 0. The molecule has 1 heterocycles. The zero-order valence-electron chi connectivity index (χ0n) is 13.9. The third-order valence-electron chi connectivity index (χ3n) is 4.17. The number of nitrogen functional groups attached to an aromatic ring is 1. The van der Waals surface area contributed by atoms with Crippen molar-refractivity contribution < 1.29 is 8.60 Å². The monoisotopic (exact) mass is 368 g/mol. The van der Waals surface area contributed by atoms with E-state index in [-0.39, 0.29) is 5.82 Å². The Morgan fingerprint density at radius 3 is 2.58 bits per heavy atom. The maximum absolute atomic E-state index is 14.7. The van der Waals surface area contributed by atoms with Crippen molar-refractivity contribution in [3.63, 3.8) is 0 Å². The largest absolute Gasteiger partial charge is 0.382 e. The molecule has 1 saturated carbocycles. The molecule has 1 aliphatic rings. The molecule has 1 atom stereocenters. The van der Waals surface area contributed by atoms with Crippen molar-refractivity contribution in [1.82, 2.24) is 14.7 Å². The average Bonchev–Trinajstić information content (AvgIpc) is 3.46. The van der Waals surface area contributed by atoms with Crippen LogP contribution < -0.4 is 10.5 Å². The van der Waals surface area contributed by atoms with Crippen LogP contribution in [0.15, 0.2) is 59.8 Å². The second-order valence-electron chi connectivity index (χ2n) is 6.18. The summed E-state index contributed by atoms with van der Waals surface area (Å²) in [5.41, 5.74) is 7.69. The number of benzene rings is 2. The van der Waals surface area contributed by atoms with Crippen molar-refractivity contribution in [2.24, 2.45) is 0 Å². The fraction of sp³-hybridized carbons (Fsp3) is 0.158. The van der Waals surface area contributed by atoms with Crippen LogP contribution in [0.1, 0.15) is 12.8 Å². The maximum atomic E-state index is 14.7. The van der Waals surface area contributed by atoms with Gasteiger partial charge < -0.3 is 5.73 Å². The van der Waals surface area contributed by atoms with E-state index in [0.29, 0.717) is 27.8 Å². The Labute approximate surface area is 153 Å². The molecular weight excluding hydrogens is 351 g/mol. The number of rotatable bonds is 5. The molecule has 2 aromatic carbocycles. The molecule has 0 saturated heterocycles. The van der Waals surface area contributed by atoms with Gasteiger partial charge in [-0.15, -0.1) is 0 Å². The van der Waals surface area contributed by atoms with Gasteiger partial charge in [0.05, 0.1) is 23.0 Å². The molecule has 3 aromatic rings. The summed E-state index contributed by atoms with van der Waals surface area (Å²) in [6, 6.07) is 12.5. The number of nitrogens with two attached hydrogens (primary N) is 1. The van der Waals surface area contributed by atoms with Crippen LogP contribution in [0.25, 0.3) is 22.4 Å². The third kappa shape index (κ3) is 3.49. The number of aromatic nitrogens is 2. The second kappa shape index (κ2) is 6.93. The van der Waals surface area contributed by atoms with Crippen molar-refractivity contribution in [1.29, 1.82) is 0 Å². The first-order chi connectivity index (χ1) is 12.6. The lowest BCUT2D eigenvalue weighted by Gasteiger charge is -2.11. The predicted octanol–water partition coefficient (Wildman–Crippen LogP) is 3.31.